The molecule has 0 aliphatic rings. The maximum Gasteiger partial charge on any atom is 0.289 e. The highest BCUT2D eigenvalue weighted by molar-refractivity contribution is 7.91. The number of rotatable bonds is 5. The number of alkyl halides is 1. The summed E-state index contributed by atoms with van der Waals surface area (Å²) in [5.41, 5.74) is -0.540. The quantitative estimate of drug-likeness (QED) is 0.467. The smallest absolute Gasteiger partial charge is 0.258 e. The monoisotopic (exact) mass is 288 g/mol. The molecule has 18 heavy (non-hydrogen) atoms. The van der Waals surface area contributed by atoms with Gasteiger partial charge in [-0.2, -0.15) is 5.26 Å². The van der Waals surface area contributed by atoms with E-state index in [2.05, 4.69) is 0 Å². The maximum atomic E-state index is 11.9. The summed E-state index contributed by atoms with van der Waals surface area (Å²) in [5.74, 6) is -0.105. The van der Waals surface area contributed by atoms with Crippen molar-refractivity contribution in [1.82, 2.24) is 0 Å². The van der Waals surface area contributed by atoms with Crippen LogP contribution in [0.15, 0.2) is 23.1 Å². The second kappa shape index (κ2) is 5.80. The van der Waals surface area contributed by atoms with Crippen LogP contribution in [0.4, 0.5) is 5.69 Å². The molecule has 0 unspecified atom stereocenters. The molecule has 1 rings (SSSR count). The van der Waals surface area contributed by atoms with Gasteiger partial charge in [-0.3, -0.25) is 10.1 Å². The van der Waals surface area contributed by atoms with Crippen LogP contribution in [0.2, 0.25) is 0 Å². The minimum Gasteiger partial charge on any atom is -0.258 e. The first-order valence-electron chi connectivity index (χ1n) is 4.89. The van der Waals surface area contributed by atoms with E-state index in [-0.39, 0.29) is 28.5 Å². The zero-order chi connectivity index (χ0) is 13.8. The number of halogens is 1. The number of nitrogens with zero attached hydrogens (tertiary/aromatic N) is 2. The fourth-order valence-corrected chi connectivity index (χ4v) is 3.11. The van der Waals surface area contributed by atoms with Crippen molar-refractivity contribution in [3.8, 4) is 6.07 Å². The van der Waals surface area contributed by atoms with Crippen LogP contribution in [0.3, 0.4) is 0 Å². The highest BCUT2D eigenvalue weighted by Crippen LogP contribution is 2.26. The first kappa shape index (κ1) is 14.4. The van der Waals surface area contributed by atoms with E-state index in [1.165, 1.54) is 6.07 Å². The molecule has 0 saturated heterocycles. The van der Waals surface area contributed by atoms with Crippen LogP contribution in [0.5, 0.6) is 0 Å². The lowest BCUT2D eigenvalue weighted by Crippen LogP contribution is -2.10. The van der Waals surface area contributed by atoms with Crippen LogP contribution < -0.4 is 0 Å². The number of nitro benzene ring substituents is 1. The third kappa shape index (κ3) is 3.18. The maximum absolute atomic E-state index is 11.9. The highest BCUT2D eigenvalue weighted by Gasteiger charge is 2.25. The van der Waals surface area contributed by atoms with Gasteiger partial charge in [-0.15, -0.1) is 11.6 Å². The molecule has 0 amide bonds. The van der Waals surface area contributed by atoms with Crippen molar-refractivity contribution in [1.29, 1.82) is 5.26 Å². The Morgan fingerprint density at radius 1 is 1.44 bits per heavy atom. The largest absolute Gasteiger partial charge is 0.289 e. The summed E-state index contributed by atoms with van der Waals surface area (Å²) >= 11 is 5.40. The van der Waals surface area contributed by atoms with Gasteiger partial charge < -0.3 is 0 Å². The molecule has 0 aliphatic carbocycles. The summed E-state index contributed by atoms with van der Waals surface area (Å²) in [7, 11) is -3.76. The number of sulfone groups is 1. The van der Waals surface area contributed by atoms with Gasteiger partial charge in [0.05, 0.1) is 22.3 Å². The van der Waals surface area contributed by atoms with Gasteiger partial charge in [-0.05, 0) is 18.6 Å². The molecule has 0 radical (unpaired) electrons. The van der Waals surface area contributed by atoms with E-state index in [4.69, 9.17) is 16.9 Å². The van der Waals surface area contributed by atoms with Crippen molar-refractivity contribution in [2.45, 2.75) is 11.3 Å². The lowest BCUT2D eigenvalue weighted by Gasteiger charge is -2.04. The van der Waals surface area contributed by atoms with E-state index < -0.39 is 20.4 Å². The van der Waals surface area contributed by atoms with E-state index in [0.717, 1.165) is 12.1 Å². The van der Waals surface area contributed by atoms with Crippen molar-refractivity contribution < 1.29 is 13.3 Å². The summed E-state index contributed by atoms with van der Waals surface area (Å²) < 4.78 is 23.7. The Balaban J connectivity index is 3.33. The van der Waals surface area contributed by atoms with Crippen LogP contribution in [0.1, 0.15) is 12.0 Å². The Morgan fingerprint density at radius 2 is 2.11 bits per heavy atom. The molecule has 6 nitrogen and oxygen atoms in total. The van der Waals surface area contributed by atoms with E-state index in [9.17, 15) is 18.5 Å². The molecule has 0 heterocycles. The van der Waals surface area contributed by atoms with Gasteiger partial charge in [0, 0.05) is 11.9 Å². The van der Waals surface area contributed by atoms with Crippen molar-refractivity contribution in [2.24, 2.45) is 0 Å². The SMILES string of the molecule is N#Cc1ccc(S(=O)(=O)CCCCl)c([N+](=O)[O-])c1. The molecule has 0 atom stereocenters. The minimum atomic E-state index is -3.76. The van der Waals surface area contributed by atoms with Gasteiger partial charge in [0.25, 0.3) is 5.69 Å². The van der Waals surface area contributed by atoms with E-state index in [1.54, 1.807) is 6.07 Å². The van der Waals surface area contributed by atoms with E-state index in [0.29, 0.717) is 0 Å². The van der Waals surface area contributed by atoms with Crippen LogP contribution in [-0.2, 0) is 9.84 Å². The molecule has 0 spiro atoms. The van der Waals surface area contributed by atoms with Crippen LogP contribution in [-0.4, -0.2) is 25.0 Å². The fourth-order valence-electron chi connectivity index (χ4n) is 1.35. The molecule has 1 aromatic rings. The molecular weight excluding hydrogens is 280 g/mol. The Morgan fingerprint density at radius 3 is 2.61 bits per heavy atom. The molecule has 96 valence electrons. The number of nitro groups is 1. The number of hydrogen-bond acceptors (Lipinski definition) is 5. The molecule has 0 aliphatic heterocycles. The summed E-state index contributed by atoms with van der Waals surface area (Å²) in [6, 6.07) is 5.00. The molecule has 0 N–H and O–H groups in total. The molecular formula is C10H9ClN2O4S. The first-order chi connectivity index (χ1) is 8.42. The van der Waals surface area contributed by atoms with E-state index >= 15 is 0 Å². The predicted molar refractivity (Wildman–Crippen MR) is 65.2 cm³/mol. The Hall–Kier alpha value is -1.65. The van der Waals surface area contributed by atoms with E-state index in [1.807, 2.05) is 0 Å². The number of hydrogen-bond donors (Lipinski definition) is 0. The van der Waals surface area contributed by atoms with Gasteiger partial charge in [0.2, 0.25) is 0 Å². The molecule has 0 bridgehead atoms. The van der Waals surface area contributed by atoms with Gasteiger partial charge in [-0.25, -0.2) is 8.42 Å². The number of nitriles is 1. The predicted octanol–water partition coefficient (Wildman–Crippen LogP) is 1.87. The summed E-state index contributed by atoms with van der Waals surface area (Å²) in [6.07, 6.45) is 0.209. The summed E-state index contributed by atoms with van der Waals surface area (Å²) in [6.45, 7) is 0. The molecule has 0 aromatic heterocycles. The third-order valence-electron chi connectivity index (χ3n) is 2.17. The lowest BCUT2D eigenvalue weighted by atomic mass is 10.2. The Kier molecular flexibility index (Phi) is 4.64. The average molecular weight is 289 g/mol. The zero-order valence-corrected chi connectivity index (χ0v) is 10.7. The van der Waals surface area contributed by atoms with Crippen LogP contribution >= 0.6 is 11.6 Å². The molecule has 1 aromatic carbocycles. The second-order valence-electron chi connectivity index (χ2n) is 3.41. The molecule has 0 saturated carbocycles. The topological polar surface area (TPSA) is 101 Å². The standard InChI is InChI=1S/C10H9ClN2O4S/c11-4-1-5-18(16,17)10-3-2-8(7-12)6-9(10)13(14)15/h2-3,6H,1,4-5H2. The summed E-state index contributed by atoms with van der Waals surface area (Å²) in [5, 5.41) is 19.5. The second-order valence-corrected chi connectivity index (χ2v) is 5.87. The van der Waals surface area contributed by atoms with Crippen molar-refractivity contribution in [3.63, 3.8) is 0 Å². The lowest BCUT2D eigenvalue weighted by molar-refractivity contribution is -0.387. The Bertz CT molecular complexity index is 607. The number of benzene rings is 1. The third-order valence-corrected chi connectivity index (χ3v) is 4.28. The normalized spacial score (nSPS) is 10.9. The minimum absolute atomic E-state index is 0.0398. The van der Waals surface area contributed by atoms with Gasteiger partial charge in [0.1, 0.15) is 4.90 Å². The average Bonchev–Trinajstić information content (AvgIpc) is 2.35. The van der Waals surface area contributed by atoms with Gasteiger partial charge in [0.15, 0.2) is 9.84 Å². The highest BCUT2D eigenvalue weighted by atomic mass is 35.5. The van der Waals surface area contributed by atoms with Crippen molar-refractivity contribution in [3.05, 3.63) is 33.9 Å². The summed E-state index contributed by atoms with van der Waals surface area (Å²) in [4.78, 5) is 9.63. The van der Waals surface area contributed by atoms with Crippen LogP contribution in [0, 0.1) is 21.4 Å². The zero-order valence-electron chi connectivity index (χ0n) is 9.17. The van der Waals surface area contributed by atoms with Gasteiger partial charge >= 0.3 is 0 Å². The van der Waals surface area contributed by atoms with Crippen molar-refractivity contribution >= 4 is 27.1 Å². The Labute approximate surface area is 109 Å². The first-order valence-corrected chi connectivity index (χ1v) is 7.08. The molecule has 0 fully saturated rings. The fraction of sp³-hybridized carbons (Fsp3) is 0.300. The van der Waals surface area contributed by atoms with Crippen LogP contribution in [0.25, 0.3) is 0 Å². The molecule has 8 heteroatoms. The van der Waals surface area contributed by atoms with Crippen molar-refractivity contribution in [2.75, 3.05) is 11.6 Å². The van der Waals surface area contributed by atoms with Gasteiger partial charge in [-0.1, -0.05) is 0 Å².